The molecule has 4 nitrogen and oxygen atoms in total. The molecular weight excluding hydrogens is 458 g/mol. The van der Waals surface area contributed by atoms with E-state index in [0.717, 1.165) is 15.8 Å². The number of methoxy groups -OCH3 is 1. The van der Waals surface area contributed by atoms with Gasteiger partial charge in [0.25, 0.3) is 0 Å². The molecule has 2 aromatic rings. The summed E-state index contributed by atoms with van der Waals surface area (Å²) in [6.45, 7) is 3.42. The molecule has 0 saturated heterocycles. The third-order valence-electron chi connectivity index (χ3n) is 3.12. The van der Waals surface area contributed by atoms with Crippen LogP contribution in [0.3, 0.4) is 0 Å². The van der Waals surface area contributed by atoms with Crippen molar-refractivity contribution in [3.63, 3.8) is 0 Å². The molecule has 1 heterocycles. The molecule has 0 bridgehead atoms. The number of pyridine rings is 1. The van der Waals surface area contributed by atoms with Crippen LogP contribution < -0.4 is 10.3 Å². The van der Waals surface area contributed by atoms with Gasteiger partial charge in [0.05, 0.1) is 6.61 Å². The van der Waals surface area contributed by atoms with E-state index in [2.05, 4.69) is 22.0 Å². The van der Waals surface area contributed by atoms with Crippen LogP contribution in [0.2, 0.25) is 5.02 Å². The van der Waals surface area contributed by atoms with Gasteiger partial charge in [-0.1, -0.05) is 27.2 Å². The Labute approximate surface area is 174 Å². The average Bonchev–Trinajstić information content (AvgIpc) is 2.51. The number of halogens is 2. The maximum Gasteiger partial charge on any atom is 0.212 e. The van der Waals surface area contributed by atoms with Crippen molar-refractivity contribution in [2.45, 2.75) is 13.5 Å². The van der Waals surface area contributed by atoms with Crippen LogP contribution in [0.4, 0.5) is 0 Å². The van der Waals surface area contributed by atoms with Gasteiger partial charge >= 0.3 is 0 Å². The summed E-state index contributed by atoms with van der Waals surface area (Å²) in [5.74, 6) is 0.729. The summed E-state index contributed by atoms with van der Waals surface area (Å²) in [4.78, 5) is 12.1. The summed E-state index contributed by atoms with van der Waals surface area (Å²) in [7, 11) is 1.63. The summed E-state index contributed by atoms with van der Waals surface area (Å²) >= 11 is 9.40. The topological polar surface area (TPSA) is 40.5 Å². The van der Waals surface area contributed by atoms with Crippen LogP contribution in [0.5, 0.6) is 5.75 Å². The first kappa shape index (κ1) is 20.8. The molecule has 0 saturated carbocycles. The van der Waals surface area contributed by atoms with Crippen molar-refractivity contribution in [3.8, 4) is 17.0 Å². The number of aromatic nitrogens is 1. The molecular formula is C16H16BrClNO3Y-. The van der Waals surface area contributed by atoms with Gasteiger partial charge in [0, 0.05) is 51.4 Å². The Balaban J connectivity index is 0.00000264. The first-order valence-corrected chi connectivity index (χ1v) is 7.98. The van der Waals surface area contributed by atoms with E-state index in [9.17, 15) is 4.79 Å². The number of hydrogen-bond donors (Lipinski definition) is 0. The van der Waals surface area contributed by atoms with E-state index in [1.807, 2.05) is 25.1 Å². The fourth-order valence-electron chi connectivity index (χ4n) is 2.05. The van der Waals surface area contributed by atoms with E-state index in [1.54, 1.807) is 11.7 Å². The number of hydrogen-bond acceptors (Lipinski definition) is 3. The monoisotopic (exact) mass is 473 g/mol. The minimum absolute atomic E-state index is 0. The molecule has 0 aliphatic rings. The summed E-state index contributed by atoms with van der Waals surface area (Å²) in [6, 6.07) is 10.2. The van der Waals surface area contributed by atoms with E-state index in [1.165, 1.54) is 6.07 Å². The van der Waals surface area contributed by atoms with Crippen molar-refractivity contribution in [2.24, 2.45) is 0 Å². The van der Waals surface area contributed by atoms with Gasteiger partial charge in [-0.15, -0.1) is 6.07 Å². The van der Waals surface area contributed by atoms with Gasteiger partial charge in [-0.2, -0.15) is 23.7 Å². The number of ether oxygens (including phenoxy) is 2. The molecule has 23 heavy (non-hydrogen) atoms. The zero-order valence-corrected chi connectivity index (χ0v) is 18.1. The zero-order valence-electron chi connectivity index (χ0n) is 12.9. The maximum atomic E-state index is 12.1. The summed E-state index contributed by atoms with van der Waals surface area (Å²) in [5, 5.41) is 0.168. The minimum atomic E-state index is -0.217. The summed E-state index contributed by atoms with van der Waals surface area (Å²) in [6.07, 6.45) is 0. The zero-order chi connectivity index (χ0) is 16.1. The largest absolute Gasteiger partial charge is 0.491 e. The van der Waals surface area contributed by atoms with Gasteiger partial charge < -0.3 is 14.0 Å². The van der Waals surface area contributed by atoms with E-state index >= 15 is 0 Å². The molecule has 2 rings (SSSR count). The first-order chi connectivity index (χ1) is 10.6. The molecule has 0 unspecified atom stereocenters. The molecule has 1 radical (unpaired) electrons. The number of rotatable bonds is 6. The quantitative estimate of drug-likeness (QED) is 0.473. The summed E-state index contributed by atoms with van der Waals surface area (Å²) in [5.41, 5.74) is 1.33. The predicted molar refractivity (Wildman–Crippen MR) is 90.7 cm³/mol. The Kier molecular flexibility index (Phi) is 9.01. The van der Waals surface area contributed by atoms with Crippen molar-refractivity contribution in [3.05, 3.63) is 50.2 Å². The van der Waals surface area contributed by atoms with Crippen LogP contribution in [0.15, 0.2) is 33.5 Å². The Hall–Kier alpha value is -0.196. The van der Waals surface area contributed by atoms with Crippen LogP contribution in [0.1, 0.15) is 6.92 Å². The van der Waals surface area contributed by atoms with E-state index < -0.39 is 0 Å². The van der Waals surface area contributed by atoms with Crippen LogP contribution in [-0.4, -0.2) is 24.9 Å². The second-order valence-corrected chi connectivity index (χ2v) is 5.78. The Morgan fingerprint density at radius 3 is 2.70 bits per heavy atom. The summed E-state index contributed by atoms with van der Waals surface area (Å²) < 4.78 is 12.9. The average molecular weight is 475 g/mol. The number of benzene rings is 1. The van der Waals surface area contributed by atoms with Gasteiger partial charge in [0.2, 0.25) is 5.56 Å². The molecule has 0 aliphatic carbocycles. The second-order valence-electron chi connectivity index (χ2n) is 4.52. The van der Waals surface area contributed by atoms with Gasteiger partial charge in [-0.3, -0.25) is 4.79 Å². The molecule has 0 amide bonds. The molecule has 0 atom stereocenters. The van der Waals surface area contributed by atoms with Gasteiger partial charge in [0.1, 0.15) is 12.4 Å². The van der Waals surface area contributed by atoms with E-state index in [4.69, 9.17) is 21.1 Å². The SMILES string of the molecule is CCn1c(-c2ccc(OCCOC)cc2Br)[c-]cc(Cl)c1=O.[Y]. The molecule has 0 aliphatic heterocycles. The Bertz CT molecular complexity index is 721. The molecule has 0 fully saturated rings. The van der Waals surface area contributed by atoms with Crippen molar-refractivity contribution >= 4 is 27.5 Å². The minimum Gasteiger partial charge on any atom is -0.491 e. The molecule has 7 heteroatoms. The van der Waals surface area contributed by atoms with Gasteiger partial charge in [-0.05, 0) is 23.5 Å². The van der Waals surface area contributed by atoms with Crippen LogP contribution in [-0.2, 0) is 44.0 Å². The van der Waals surface area contributed by atoms with Gasteiger partial charge in [-0.25, -0.2) is 0 Å². The van der Waals surface area contributed by atoms with Crippen molar-refractivity contribution in [1.29, 1.82) is 0 Å². The normalized spacial score (nSPS) is 10.3. The molecule has 0 N–H and O–H groups in total. The molecule has 1 aromatic carbocycles. The number of nitrogens with zero attached hydrogens (tertiary/aromatic N) is 1. The maximum absolute atomic E-state index is 12.1. The molecule has 1 aromatic heterocycles. The third-order valence-corrected chi connectivity index (χ3v) is 4.05. The van der Waals surface area contributed by atoms with E-state index in [0.29, 0.717) is 25.5 Å². The van der Waals surface area contributed by atoms with Crippen molar-refractivity contribution in [1.82, 2.24) is 4.57 Å². The van der Waals surface area contributed by atoms with Crippen molar-refractivity contribution in [2.75, 3.05) is 20.3 Å². The fourth-order valence-corrected chi connectivity index (χ4v) is 2.75. The van der Waals surface area contributed by atoms with Crippen LogP contribution in [0, 0.1) is 6.07 Å². The smallest absolute Gasteiger partial charge is 0.212 e. The van der Waals surface area contributed by atoms with Crippen molar-refractivity contribution < 1.29 is 42.2 Å². The first-order valence-electron chi connectivity index (χ1n) is 6.81. The molecule has 121 valence electrons. The third kappa shape index (κ3) is 5.14. The predicted octanol–water partition coefficient (Wildman–Crippen LogP) is 3.77. The standard InChI is InChI=1S/C16H16BrClNO3.Y/c1-3-19-15(7-6-14(18)16(19)20)12-5-4-11(10-13(12)17)22-9-8-21-2;/h4-6,10H,3,8-9H2,1-2H3;/q-1;. The Morgan fingerprint density at radius 1 is 1.35 bits per heavy atom. The fraction of sp³-hybridized carbons (Fsp3) is 0.312. The van der Waals surface area contributed by atoms with Crippen LogP contribution >= 0.6 is 27.5 Å². The van der Waals surface area contributed by atoms with Crippen LogP contribution in [0.25, 0.3) is 11.3 Å². The molecule has 0 spiro atoms. The van der Waals surface area contributed by atoms with Gasteiger partial charge in [0.15, 0.2) is 0 Å². The Morgan fingerprint density at radius 2 is 2.09 bits per heavy atom. The van der Waals surface area contributed by atoms with E-state index in [-0.39, 0.29) is 43.3 Å². The second kappa shape index (κ2) is 9.95.